The molecule has 1 unspecified atom stereocenters. The number of nitrogens with two attached hydrogens (primary N) is 1. The summed E-state index contributed by atoms with van der Waals surface area (Å²) in [6.45, 7) is 0. The molecule has 0 spiro atoms. The lowest BCUT2D eigenvalue weighted by molar-refractivity contribution is 0.553. The highest BCUT2D eigenvalue weighted by molar-refractivity contribution is 5.45. The van der Waals surface area contributed by atoms with Gasteiger partial charge in [0.25, 0.3) is 0 Å². The third kappa shape index (κ3) is 1.89. The van der Waals surface area contributed by atoms with Crippen molar-refractivity contribution in [3.63, 3.8) is 0 Å². The van der Waals surface area contributed by atoms with E-state index in [4.69, 9.17) is 10.7 Å². The van der Waals surface area contributed by atoms with Crippen molar-refractivity contribution in [2.45, 2.75) is 44.4 Å². The maximum absolute atomic E-state index is 6.12. The van der Waals surface area contributed by atoms with Gasteiger partial charge in [-0.05, 0) is 49.7 Å². The average Bonchev–Trinajstić information content (AvgIpc) is 2.96. The molecule has 4 rings (SSSR count). The zero-order chi connectivity index (χ0) is 13.5. The van der Waals surface area contributed by atoms with Crippen LogP contribution in [0.3, 0.4) is 0 Å². The molecule has 1 atom stereocenters. The number of nitrogen functional groups attached to an aromatic ring is 1. The van der Waals surface area contributed by atoms with Gasteiger partial charge in [-0.15, -0.1) is 0 Å². The minimum atomic E-state index is 0.429. The van der Waals surface area contributed by atoms with E-state index < -0.39 is 0 Å². The Bertz CT molecular complexity index is 663. The topological polar surface area (TPSA) is 51.8 Å². The molecule has 0 saturated carbocycles. The van der Waals surface area contributed by atoms with Gasteiger partial charge in [0.2, 0.25) is 0 Å². The van der Waals surface area contributed by atoms with Crippen molar-refractivity contribution in [3.8, 4) is 0 Å². The van der Waals surface area contributed by atoms with Gasteiger partial charge in [0.15, 0.2) is 0 Å². The smallest absolute Gasteiger partial charge is 0.134 e. The molecule has 2 N–H and O–H groups in total. The summed E-state index contributed by atoms with van der Waals surface area (Å²) in [4.78, 5) is 9.43. The van der Waals surface area contributed by atoms with E-state index in [1.807, 2.05) is 0 Å². The Kier molecular flexibility index (Phi) is 2.72. The number of aromatic nitrogens is 2. The molecule has 1 aromatic carbocycles. The molecule has 0 radical (unpaired) electrons. The van der Waals surface area contributed by atoms with Crippen molar-refractivity contribution < 1.29 is 0 Å². The van der Waals surface area contributed by atoms with E-state index in [0.29, 0.717) is 5.92 Å². The Morgan fingerprint density at radius 1 is 1.00 bits per heavy atom. The van der Waals surface area contributed by atoms with Crippen LogP contribution in [0.25, 0.3) is 0 Å². The van der Waals surface area contributed by atoms with Crippen molar-refractivity contribution >= 4 is 5.82 Å². The molecule has 0 bridgehead atoms. The number of rotatable bonds is 1. The summed E-state index contributed by atoms with van der Waals surface area (Å²) in [6.07, 6.45) is 6.60. The SMILES string of the molecule is Nc1nc(C2CCc3ccccc3C2)nc2c1CCC2. The van der Waals surface area contributed by atoms with Gasteiger partial charge >= 0.3 is 0 Å². The monoisotopic (exact) mass is 265 g/mol. The van der Waals surface area contributed by atoms with Crippen molar-refractivity contribution in [1.82, 2.24) is 9.97 Å². The number of benzene rings is 1. The normalized spacial score (nSPS) is 20.5. The van der Waals surface area contributed by atoms with E-state index in [1.165, 1.54) is 28.8 Å². The van der Waals surface area contributed by atoms with Gasteiger partial charge < -0.3 is 5.73 Å². The minimum absolute atomic E-state index is 0.429. The Morgan fingerprint density at radius 3 is 2.75 bits per heavy atom. The van der Waals surface area contributed by atoms with Crippen LogP contribution in [0.5, 0.6) is 0 Å². The number of hydrogen-bond donors (Lipinski definition) is 1. The predicted octanol–water partition coefficient (Wildman–Crippen LogP) is 2.82. The van der Waals surface area contributed by atoms with Crippen LogP contribution in [-0.2, 0) is 25.7 Å². The van der Waals surface area contributed by atoms with Crippen molar-refractivity contribution in [2.75, 3.05) is 5.73 Å². The largest absolute Gasteiger partial charge is 0.383 e. The molecule has 2 aliphatic rings. The maximum atomic E-state index is 6.12. The van der Waals surface area contributed by atoms with E-state index >= 15 is 0 Å². The first-order chi connectivity index (χ1) is 9.81. The molecule has 2 aromatic rings. The fourth-order valence-corrected chi connectivity index (χ4v) is 3.58. The molecule has 2 aliphatic carbocycles. The second-order valence-corrected chi connectivity index (χ2v) is 5.95. The number of hydrogen-bond acceptors (Lipinski definition) is 3. The standard InChI is InChI=1S/C17H19N3/c18-16-14-6-3-7-15(14)19-17(20-16)13-9-8-11-4-1-2-5-12(11)10-13/h1-2,4-5,13H,3,6-10H2,(H2,18,19,20). The molecule has 102 valence electrons. The Balaban J connectivity index is 1.68. The molecule has 0 fully saturated rings. The molecule has 3 nitrogen and oxygen atoms in total. The zero-order valence-corrected chi connectivity index (χ0v) is 11.6. The summed E-state index contributed by atoms with van der Waals surface area (Å²) < 4.78 is 0. The third-order valence-electron chi connectivity index (χ3n) is 4.69. The fraction of sp³-hybridized carbons (Fsp3) is 0.412. The van der Waals surface area contributed by atoms with E-state index in [9.17, 15) is 0 Å². The highest BCUT2D eigenvalue weighted by Gasteiger charge is 2.25. The second-order valence-electron chi connectivity index (χ2n) is 5.95. The van der Waals surface area contributed by atoms with Crippen LogP contribution in [0.1, 0.15) is 47.0 Å². The quantitative estimate of drug-likeness (QED) is 0.862. The van der Waals surface area contributed by atoms with Crippen molar-refractivity contribution in [3.05, 3.63) is 52.5 Å². The molecule has 0 amide bonds. The summed E-state index contributed by atoms with van der Waals surface area (Å²) >= 11 is 0. The lowest BCUT2D eigenvalue weighted by Crippen LogP contribution is -2.17. The molecule has 1 aromatic heterocycles. The van der Waals surface area contributed by atoms with Crippen LogP contribution in [0.15, 0.2) is 24.3 Å². The lowest BCUT2D eigenvalue weighted by atomic mass is 9.83. The molecular weight excluding hydrogens is 246 g/mol. The average molecular weight is 265 g/mol. The van der Waals surface area contributed by atoms with Gasteiger partial charge in [-0.25, -0.2) is 9.97 Å². The molecule has 3 heteroatoms. The van der Waals surface area contributed by atoms with Gasteiger partial charge in [-0.2, -0.15) is 0 Å². The highest BCUT2D eigenvalue weighted by Crippen LogP contribution is 2.33. The summed E-state index contributed by atoms with van der Waals surface area (Å²) in [6, 6.07) is 8.73. The number of aryl methyl sites for hydroxylation is 2. The first kappa shape index (κ1) is 11.9. The molecular formula is C17H19N3. The van der Waals surface area contributed by atoms with Crippen LogP contribution in [0.2, 0.25) is 0 Å². The predicted molar refractivity (Wildman–Crippen MR) is 79.7 cm³/mol. The first-order valence-corrected chi connectivity index (χ1v) is 7.53. The van der Waals surface area contributed by atoms with E-state index in [-0.39, 0.29) is 0 Å². The molecule has 0 aliphatic heterocycles. The van der Waals surface area contributed by atoms with Crippen LogP contribution >= 0.6 is 0 Å². The Hall–Kier alpha value is -1.90. The van der Waals surface area contributed by atoms with E-state index in [1.54, 1.807) is 0 Å². The van der Waals surface area contributed by atoms with Gasteiger partial charge in [-0.1, -0.05) is 24.3 Å². The van der Waals surface area contributed by atoms with Gasteiger partial charge in [0, 0.05) is 17.2 Å². The summed E-state index contributed by atoms with van der Waals surface area (Å²) in [7, 11) is 0. The van der Waals surface area contributed by atoms with Crippen LogP contribution in [-0.4, -0.2) is 9.97 Å². The maximum Gasteiger partial charge on any atom is 0.134 e. The van der Waals surface area contributed by atoms with E-state index in [2.05, 4.69) is 29.2 Å². The van der Waals surface area contributed by atoms with Crippen molar-refractivity contribution in [1.29, 1.82) is 0 Å². The molecule has 20 heavy (non-hydrogen) atoms. The molecule has 0 saturated heterocycles. The summed E-state index contributed by atoms with van der Waals surface area (Å²) in [5.41, 5.74) is 11.5. The minimum Gasteiger partial charge on any atom is -0.383 e. The van der Waals surface area contributed by atoms with Crippen LogP contribution in [0.4, 0.5) is 5.82 Å². The van der Waals surface area contributed by atoms with Crippen LogP contribution in [0, 0.1) is 0 Å². The van der Waals surface area contributed by atoms with Gasteiger partial charge in [0.1, 0.15) is 11.6 Å². The highest BCUT2D eigenvalue weighted by atomic mass is 15.0. The third-order valence-corrected chi connectivity index (χ3v) is 4.69. The number of fused-ring (bicyclic) bond motifs is 2. The van der Waals surface area contributed by atoms with Crippen LogP contribution < -0.4 is 5.73 Å². The zero-order valence-electron chi connectivity index (χ0n) is 11.6. The summed E-state index contributed by atoms with van der Waals surface area (Å²) in [5, 5.41) is 0. The second kappa shape index (κ2) is 4.58. The lowest BCUT2D eigenvalue weighted by Gasteiger charge is -2.24. The van der Waals surface area contributed by atoms with Gasteiger partial charge in [0.05, 0.1) is 0 Å². The Labute approximate surface area is 119 Å². The number of nitrogens with zero attached hydrogens (tertiary/aromatic N) is 2. The first-order valence-electron chi connectivity index (χ1n) is 7.53. The Morgan fingerprint density at radius 2 is 1.85 bits per heavy atom. The van der Waals surface area contributed by atoms with E-state index in [0.717, 1.165) is 43.7 Å². The van der Waals surface area contributed by atoms with Crippen molar-refractivity contribution in [2.24, 2.45) is 0 Å². The number of anilines is 1. The fourth-order valence-electron chi connectivity index (χ4n) is 3.58. The van der Waals surface area contributed by atoms with Gasteiger partial charge in [-0.3, -0.25) is 0 Å². The molecule has 1 heterocycles. The summed E-state index contributed by atoms with van der Waals surface area (Å²) in [5.74, 6) is 2.12.